The Hall–Kier alpha value is -1.63. The third-order valence-electron chi connectivity index (χ3n) is 1.85. The molecule has 0 aromatic carbocycles. The predicted octanol–water partition coefficient (Wildman–Crippen LogP) is -1.87. The Balaban J connectivity index is 4.59. The molecule has 16 heavy (non-hydrogen) atoms. The summed E-state index contributed by atoms with van der Waals surface area (Å²) in [7, 11) is 1.42. The first kappa shape index (κ1) is 14.4. The highest BCUT2D eigenvalue weighted by Crippen LogP contribution is 2.00. The first-order valence-electron chi connectivity index (χ1n) is 4.80. The number of amides is 2. The quantitative estimate of drug-likeness (QED) is 0.480. The molecular formula is C9H17N3O4. The van der Waals surface area contributed by atoms with Gasteiger partial charge >= 0.3 is 5.97 Å². The molecule has 2 atom stereocenters. The summed E-state index contributed by atoms with van der Waals surface area (Å²) in [5.74, 6) is -1.47. The number of nitrogens with two attached hydrogens (primary N) is 1. The first-order valence-corrected chi connectivity index (χ1v) is 4.80. The lowest BCUT2D eigenvalue weighted by molar-refractivity contribution is -0.149. The highest BCUT2D eigenvalue weighted by atomic mass is 16.5. The highest BCUT2D eigenvalue weighted by Gasteiger charge is 2.27. The second kappa shape index (κ2) is 6.78. The fourth-order valence-corrected chi connectivity index (χ4v) is 1.11. The summed E-state index contributed by atoms with van der Waals surface area (Å²) >= 11 is 0. The van der Waals surface area contributed by atoms with Crippen LogP contribution in [0.3, 0.4) is 0 Å². The molecular weight excluding hydrogens is 214 g/mol. The highest BCUT2D eigenvalue weighted by molar-refractivity contribution is 5.88. The number of carbonyl (C=O) groups excluding carboxylic acids is 3. The molecule has 0 unspecified atom stereocenters. The standard InChI is InChI=1S/C9H17N3O4/c1-5(16-6(2)13)8(9(15)11-3)12-7(14)4-10/h5,8H,4,10H2,1-3H3,(H,11,15)(H,12,14)/t5-,8-/m1/s1. The molecule has 0 heterocycles. The summed E-state index contributed by atoms with van der Waals surface area (Å²) in [6, 6.07) is -0.940. The van der Waals surface area contributed by atoms with Crippen LogP contribution in [0.15, 0.2) is 0 Å². The normalized spacial score (nSPS) is 13.5. The second-order valence-electron chi connectivity index (χ2n) is 3.18. The Kier molecular flexibility index (Phi) is 6.09. The van der Waals surface area contributed by atoms with E-state index in [2.05, 4.69) is 10.6 Å². The number of hydrogen-bond acceptors (Lipinski definition) is 5. The number of ether oxygens (including phenoxy) is 1. The molecule has 0 saturated heterocycles. The zero-order valence-corrected chi connectivity index (χ0v) is 9.57. The number of nitrogens with one attached hydrogen (secondary N) is 2. The van der Waals surface area contributed by atoms with E-state index in [0.717, 1.165) is 0 Å². The topological polar surface area (TPSA) is 111 Å². The Morgan fingerprint density at radius 1 is 1.38 bits per heavy atom. The Bertz CT molecular complexity index is 280. The van der Waals surface area contributed by atoms with Crippen molar-refractivity contribution >= 4 is 17.8 Å². The van der Waals surface area contributed by atoms with E-state index in [4.69, 9.17) is 10.5 Å². The molecule has 0 aliphatic carbocycles. The van der Waals surface area contributed by atoms with E-state index < -0.39 is 29.9 Å². The van der Waals surface area contributed by atoms with Crippen molar-refractivity contribution in [2.45, 2.75) is 26.0 Å². The van der Waals surface area contributed by atoms with Crippen LogP contribution in [0, 0.1) is 0 Å². The molecule has 4 N–H and O–H groups in total. The Labute approximate surface area is 93.7 Å². The van der Waals surface area contributed by atoms with Gasteiger partial charge in [-0.25, -0.2) is 0 Å². The van der Waals surface area contributed by atoms with Crippen molar-refractivity contribution in [3.05, 3.63) is 0 Å². The molecule has 0 aromatic rings. The molecule has 0 rings (SSSR count). The molecule has 0 saturated carbocycles. The molecule has 92 valence electrons. The SMILES string of the molecule is CNC(=O)[C@H](NC(=O)CN)[C@@H](C)OC(C)=O. The lowest BCUT2D eigenvalue weighted by Gasteiger charge is -2.22. The molecule has 0 aromatic heterocycles. The van der Waals surface area contributed by atoms with Crippen molar-refractivity contribution in [3.8, 4) is 0 Å². The average Bonchev–Trinajstić information content (AvgIpc) is 2.23. The van der Waals surface area contributed by atoms with E-state index in [1.807, 2.05) is 0 Å². The van der Waals surface area contributed by atoms with Crippen LogP contribution in [0.4, 0.5) is 0 Å². The molecule has 0 aliphatic heterocycles. The van der Waals surface area contributed by atoms with Gasteiger partial charge in [0.1, 0.15) is 12.1 Å². The molecule has 0 bridgehead atoms. The summed E-state index contributed by atoms with van der Waals surface area (Å²) in [5.41, 5.74) is 5.11. The maximum atomic E-state index is 11.4. The van der Waals surface area contributed by atoms with Crippen molar-refractivity contribution in [1.82, 2.24) is 10.6 Å². The zero-order chi connectivity index (χ0) is 12.7. The van der Waals surface area contributed by atoms with Gasteiger partial charge in [-0.15, -0.1) is 0 Å². The van der Waals surface area contributed by atoms with Gasteiger partial charge in [-0.2, -0.15) is 0 Å². The van der Waals surface area contributed by atoms with Gasteiger partial charge < -0.3 is 21.1 Å². The van der Waals surface area contributed by atoms with Gasteiger partial charge in [0.2, 0.25) is 11.8 Å². The van der Waals surface area contributed by atoms with E-state index in [9.17, 15) is 14.4 Å². The van der Waals surface area contributed by atoms with Crippen LogP contribution in [0.5, 0.6) is 0 Å². The average molecular weight is 231 g/mol. The monoisotopic (exact) mass is 231 g/mol. The minimum atomic E-state index is -0.940. The van der Waals surface area contributed by atoms with E-state index in [-0.39, 0.29) is 6.54 Å². The van der Waals surface area contributed by atoms with E-state index in [1.165, 1.54) is 20.9 Å². The molecule has 7 heteroatoms. The van der Waals surface area contributed by atoms with Crippen LogP contribution in [-0.2, 0) is 19.1 Å². The summed E-state index contributed by atoms with van der Waals surface area (Å²) in [6.45, 7) is 2.50. The minimum Gasteiger partial charge on any atom is -0.460 e. The maximum absolute atomic E-state index is 11.4. The van der Waals surface area contributed by atoms with Gasteiger partial charge in [0, 0.05) is 14.0 Å². The van der Waals surface area contributed by atoms with Gasteiger partial charge in [-0.1, -0.05) is 0 Å². The second-order valence-corrected chi connectivity index (χ2v) is 3.18. The minimum absolute atomic E-state index is 0.236. The molecule has 0 radical (unpaired) electrons. The third kappa shape index (κ3) is 4.74. The van der Waals surface area contributed by atoms with Crippen LogP contribution in [0.2, 0.25) is 0 Å². The smallest absolute Gasteiger partial charge is 0.302 e. The van der Waals surface area contributed by atoms with Crippen molar-refractivity contribution in [3.63, 3.8) is 0 Å². The van der Waals surface area contributed by atoms with Gasteiger partial charge in [-0.3, -0.25) is 14.4 Å². The van der Waals surface area contributed by atoms with Crippen LogP contribution in [-0.4, -0.2) is 43.5 Å². The van der Waals surface area contributed by atoms with Crippen LogP contribution in [0.25, 0.3) is 0 Å². The van der Waals surface area contributed by atoms with E-state index in [0.29, 0.717) is 0 Å². The first-order chi connectivity index (χ1) is 7.42. The molecule has 2 amide bonds. The van der Waals surface area contributed by atoms with Crippen molar-refractivity contribution in [1.29, 1.82) is 0 Å². The van der Waals surface area contributed by atoms with Gasteiger partial charge in [0.25, 0.3) is 0 Å². The van der Waals surface area contributed by atoms with Crippen LogP contribution in [0.1, 0.15) is 13.8 Å². The zero-order valence-electron chi connectivity index (χ0n) is 9.57. The van der Waals surface area contributed by atoms with E-state index >= 15 is 0 Å². The Morgan fingerprint density at radius 2 is 1.94 bits per heavy atom. The summed E-state index contributed by atoms with van der Waals surface area (Å²) in [5, 5.41) is 4.73. The Morgan fingerprint density at radius 3 is 2.31 bits per heavy atom. The number of hydrogen-bond donors (Lipinski definition) is 3. The lowest BCUT2D eigenvalue weighted by Crippen LogP contribution is -2.54. The molecule has 7 nitrogen and oxygen atoms in total. The van der Waals surface area contributed by atoms with Gasteiger partial charge in [0.05, 0.1) is 6.54 Å². The van der Waals surface area contributed by atoms with Crippen molar-refractivity contribution in [2.75, 3.05) is 13.6 Å². The van der Waals surface area contributed by atoms with E-state index in [1.54, 1.807) is 0 Å². The molecule has 0 fully saturated rings. The third-order valence-corrected chi connectivity index (χ3v) is 1.85. The number of esters is 1. The lowest BCUT2D eigenvalue weighted by atomic mass is 10.1. The van der Waals surface area contributed by atoms with Crippen LogP contribution < -0.4 is 16.4 Å². The summed E-state index contributed by atoms with van der Waals surface area (Å²) in [4.78, 5) is 33.2. The van der Waals surface area contributed by atoms with Crippen molar-refractivity contribution in [2.24, 2.45) is 5.73 Å². The van der Waals surface area contributed by atoms with Gasteiger partial charge in [-0.05, 0) is 6.92 Å². The fraction of sp³-hybridized carbons (Fsp3) is 0.667. The number of rotatable bonds is 5. The molecule has 0 aliphatic rings. The summed E-state index contributed by atoms with van der Waals surface area (Å²) in [6.07, 6.45) is -0.757. The van der Waals surface area contributed by atoms with Crippen LogP contribution >= 0.6 is 0 Å². The largest absolute Gasteiger partial charge is 0.460 e. The fourth-order valence-electron chi connectivity index (χ4n) is 1.11. The number of likely N-dealkylation sites (N-methyl/N-ethyl adjacent to an activating group) is 1. The molecule has 0 spiro atoms. The maximum Gasteiger partial charge on any atom is 0.302 e. The van der Waals surface area contributed by atoms with Crippen molar-refractivity contribution < 1.29 is 19.1 Å². The predicted molar refractivity (Wildman–Crippen MR) is 56.3 cm³/mol. The van der Waals surface area contributed by atoms with Gasteiger partial charge in [0.15, 0.2) is 0 Å². The number of carbonyl (C=O) groups is 3. The summed E-state index contributed by atoms with van der Waals surface area (Å²) < 4.78 is 4.83.